The quantitative estimate of drug-likeness (QED) is 0.873. The molecule has 1 heterocycles. The number of halogens is 1. The van der Waals surface area contributed by atoms with E-state index in [1.165, 1.54) is 0 Å². The lowest BCUT2D eigenvalue weighted by Crippen LogP contribution is -2.00. The van der Waals surface area contributed by atoms with Crippen molar-refractivity contribution in [1.29, 1.82) is 0 Å². The van der Waals surface area contributed by atoms with Crippen molar-refractivity contribution >= 4 is 33.7 Å². The molecule has 2 rings (SSSR count). The van der Waals surface area contributed by atoms with Crippen molar-refractivity contribution in [2.24, 2.45) is 7.05 Å². The van der Waals surface area contributed by atoms with Gasteiger partial charge in [0.25, 0.3) is 0 Å². The highest BCUT2D eigenvalue weighted by atomic mass is 79.9. The van der Waals surface area contributed by atoms with Crippen LogP contribution in [0, 0.1) is 0 Å². The zero-order chi connectivity index (χ0) is 13.1. The number of hydrogen-bond acceptors (Lipinski definition) is 4. The van der Waals surface area contributed by atoms with Gasteiger partial charge in [-0.05, 0) is 12.1 Å². The van der Waals surface area contributed by atoms with E-state index in [0.717, 1.165) is 21.8 Å². The Kier molecular flexibility index (Phi) is 4.03. The number of carboxylic acid groups (broad SMARTS) is 1. The van der Waals surface area contributed by atoms with Crippen molar-refractivity contribution in [2.45, 2.75) is 5.16 Å². The second kappa shape index (κ2) is 5.53. The second-order valence-corrected chi connectivity index (χ2v) is 5.39. The number of thioether (sulfide) groups is 1. The smallest absolute Gasteiger partial charge is 0.313 e. The zero-order valence-corrected chi connectivity index (χ0v) is 11.9. The first-order valence-electron chi connectivity index (χ1n) is 5.08. The Morgan fingerprint density at radius 1 is 1.56 bits per heavy atom. The number of aromatic nitrogens is 3. The Bertz CT molecular complexity index is 585. The van der Waals surface area contributed by atoms with Gasteiger partial charge < -0.3 is 5.11 Å². The third-order valence-corrected chi connectivity index (χ3v) is 3.63. The maximum Gasteiger partial charge on any atom is 0.313 e. The second-order valence-electron chi connectivity index (χ2n) is 3.53. The van der Waals surface area contributed by atoms with Crippen molar-refractivity contribution in [3.63, 3.8) is 0 Å². The highest BCUT2D eigenvalue weighted by Gasteiger charge is 2.11. The van der Waals surface area contributed by atoms with Crippen molar-refractivity contribution in [1.82, 2.24) is 14.8 Å². The minimum atomic E-state index is -0.869. The average molecular weight is 328 g/mol. The summed E-state index contributed by atoms with van der Waals surface area (Å²) < 4.78 is 2.54. The topological polar surface area (TPSA) is 68.0 Å². The van der Waals surface area contributed by atoms with Crippen LogP contribution < -0.4 is 0 Å². The fourth-order valence-corrected chi connectivity index (χ4v) is 2.40. The van der Waals surface area contributed by atoms with Crippen molar-refractivity contribution < 1.29 is 9.90 Å². The van der Waals surface area contributed by atoms with E-state index >= 15 is 0 Å². The molecule has 0 aliphatic carbocycles. The van der Waals surface area contributed by atoms with Gasteiger partial charge in [-0.15, -0.1) is 0 Å². The van der Waals surface area contributed by atoms with Crippen LogP contribution in [0.2, 0.25) is 0 Å². The molecular formula is C11H10BrN3O2S. The van der Waals surface area contributed by atoms with Gasteiger partial charge in [0.15, 0.2) is 11.0 Å². The molecular weight excluding hydrogens is 318 g/mol. The summed E-state index contributed by atoms with van der Waals surface area (Å²) in [6.07, 6.45) is 0. The van der Waals surface area contributed by atoms with E-state index in [9.17, 15) is 4.79 Å². The Morgan fingerprint density at radius 3 is 3.00 bits per heavy atom. The van der Waals surface area contributed by atoms with E-state index in [-0.39, 0.29) is 5.75 Å². The normalized spacial score (nSPS) is 10.6. The van der Waals surface area contributed by atoms with Gasteiger partial charge in [0.05, 0.1) is 5.75 Å². The molecule has 0 bridgehead atoms. The van der Waals surface area contributed by atoms with Gasteiger partial charge in [-0.2, -0.15) is 5.10 Å². The molecule has 0 fully saturated rings. The predicted molar refractivity (Wildman–Crippen MR) is 72.5 cm³/mol. The molecule has 0 aliphatic rings. The van der Waals surface area contributed by atoms with Crippen molar-refractivity contribution in [3.8, 4) is 11.4 Å². The molecule has 0 spiro atoms. The van der Waals surface area contributed by atoms with Crippen LogP contribution in [0.4, 0.5) is 0 Å². The first-order chi connectivity index (χ1) is 8.56. The van der Waals surface area contributed by atoms with Gasteiger partial charge in [0, 0.05) is 17.1 Å². The molecule has 0 radical (unpaired) electrons. The first-order valence-corrected chi connectivity index (χ1v) is 6.85. The van der Waals surface area contributed by atoms with Gasteiger partial charge in [-0.1, -0.05) is 39.8 Å². The van der Waals surface area contributed by atoms with Crippen LogP contribution in [-0.2, 0) is 11.8 Å². The highest BCUT2D eigenvalue weighted by molar-refractivity contribution is 9.10. The highest BCUT2D eigenvalue weighted by Crippen LogP contribution is 2.23. The number of aryl methyl sites for hydroxylation is 1. The van der Waals surface area contributed by atoms with Gasteiger partial charge in [-0.25, -0.2) is 9.67 Å². The van der Waals surface area contributed by atoms with Gasteiger partial charge in [0.1, 0.15) is 0 Å². The minimum Gasteiger partial charge on any atom is -0.481 e. The summed E-state index contributed by atoms with van der Waals surface area (Å²) in [5.41, 5.74) is 0.891. The molecule has 18 heavy (non-hydrogen) atoms. The van der Waals surface area contributed by atoms with Gasteiger partial charge in [-0.3, -0.25) is 4.79 Å². The third kappa shape index (κ3) is 3.11. The number of benzene rings is 1. The number of carboxylic acids is 1. The molecule has 0 saturated heterocycles. The van der Waals surface area contributed by atoms with Crippen LogP contribution in [0.3, 0.4) is 0 Å². The summed E-state index contributed by atoms with van der Waals surface area (Å²) in [6.45, 7) is 0. The van der Waals surface area contributed by atoms with Crippen molar-refractivity contribution in [3.05, 3.63) is 28.7 Å². The number of rotatable bonds is 4. The first kappa shape index (κ1) is 13.1. The van der Waals surface area contributed by atoms with Crippen LogP contribution in [0.15, 0.2) is 33.9 Å². The molecule has 0 atom stereocenters. The maximum absolute atomic E-state index is 10.5. The lowest BCUT2D eigenvalue weighted by Gasteiger charge is -1.94. The molecule has 1 N–H and O–H groups in total. The van der Waals surface area contributed by atoms with Crippen LogP contribution in [0.1, 0.15) is 0 Å². The van der Waals surface area contributed by atoms with Gasteiger partial charge >= 0.3 is 5.97 Å². The number of hydrogen-bond donors (Lipinski definition) is 1. The van der Waals surface area contributed by atoms with Crippen LogP contribution in [-0.4, -0.2) is 31.6 Å². The minimum absolute atomic E-state index is 0.0234. The Labute approximate surface area is 116 Å². The molecule has 7 heteroatoms. The standard InChI is InChI=1S/C11H10BrN3O2S/c1-15-11(18-6-9(16)17)13-10(14-15)7-3-2-4-8(12)5-7/h2-5H,6H2,1H3,(H,16,17). The van der Waals surface area contributed by atoms with Crippen molar-refractivity contribution in [2.75, 3.05) is 5.75 Å². The summed E-state index contributed by atoms with van der Waals surface area (Å²) in [5, 5.41) is 13.5. The zero-order valence-electron chi connectivity index (χ0n) is 9.50. The maximum atomic E-state index is 10.5. The lowest BCUT2D eigenvalue weighted by atomic mass is 10.2. The molecule has 0 saturated carbocycles. The van der Waals surface area contributed by atoms with E-state index in [0.29, 0.717) is 11.0 Å². The van der Waals surface area contributed by atoms with E-state index in [1.807, 2.05) is 24.3 Å². The molecule has 1 aromatic heterocycles. The molecule has 5 nitrogen and oxygen atoms in total. The summed E-state index contributed by atoms with van der Waals surface area (Å²) in [6, 6.07) is 7.65. The van der Waals surface area contributed by atoms with Gasteiger partial charge in [0.2, 0.25) is 0 Å². The number of aliphatic carboxylic acids is 1. The molecule has 0 unspecified atom stereocenters. The number of nitrogens with zero attached hydrogens (tertiary/aromatic N) is 3. The third-order valence-electron chi connectivity index (χ3n) is 2.13. The molecule has 2 aromatic rings. The fraction of sp³-hybridized carbons (Fsp3) is 0.182. The van der Waals surface area contributed by atoms with Crippen LogP contribution >= 0.6 is 27.7 Å². The molecule has 0 aliphatic heterocycles. The molecule has 94 valence electrons. The van der Waals surface area contributed by atoms with E-state index in [1.54, 1.807) is 11.7 Å². The van der Waals surface area contributed by atoms with Crippen LogP contribution in [0.5, 0.6) is 0 Å². The average Bonchev–Trinajstić information content (AvgIpc) is 2.68. The lowest BCUT2D eigenvalue weighted by molar-refractivity contribution is -0.133. The monoisotopic (exact) mass is 327 g/mol. The van der Waals surface area contributed by atoms with E-state index < -0.39 is 5.97 Å². The number of carbonyl (C=O) groups is 1. The Morgan fingerprint density at radius 2 is 2.33 bits per heavy atom. The van der Waals surface area contributed by atoms with Crippen LogP contribution in [0.25, 0.3) is 11.4 Å². The summed E-state index contributed by atoms with van der Waals surface area (Å²) >= 11 is 4.54. The Hall–Kier alpha value is -1.34. The largest absolute Gasteiger partial charge is 0.481 e. The summed E-state index contributed by atoms with van der Waals surface area (Å²) in [7, 11) is 1.75. The SMILES string of the molecule is Cn1nc(-c2cccc(Br)c2)nc1SCC(=O)O. The molecule has 1 aromatic carbocycles. The summed E-state index contributed by atoms with van der Waals surface area (Å²) in [5.74, 6) is -0.302. The molecule has 0 amide bonds. The van der Waals surface area contributed by atoms with E-state index in [4.69, 9.17) is 5.11 Å². The fourth-order valence-electron chi connectivity index (χ4n) is 1.37. The summed E-state index contributed by atoms with van der Waals surface area (Å²) in [4.78, 5) is 14.8. The predicted octanol–water partition coefficient (Wildman–Crippen LogP) is 2.42. The Balaban J connectivity index is 2.25. The van der Waals surface area contributed by atoms with E-state index in [2.05, 4.69) is 26.0 Å².